The molecule has 0 saturated carbocycles. The number of nitrogens with one attached hydrogen (secondary N) is 1. The summed E-state index contributed by atoms with van der Waals surface area (Å²) in [6.45, 7) is 5.63. The number of rotatable bonds is 2. The molecule has 5 heteroatoms. The molecule has 0 aliphatic heterocycles. The molecule has 16 heavy (non-hydrogen) atoms. The number of carbonyl (C=O) groups is 1. The van der Waals surface area contributed by atoms with Crippen LogP contribution in [0, 0.1) is 13.8 Å². The minimum Gasteiger partial charge on any atom is -0.325 e. The van der Waals surface area contributed by atoms with Crippen molar-refractivity contribution >= 4 is 39.9 Å². The molecule has 0 spiro atoms. The molecule has 1 atom stereocenters. The van der Waals surface area contributed by atoms with Crippen LogP contribution in [0.5, 0.6) is 0 Å². The molecule has 0 radical (unpaired) electrons. The molecule has 1 rings (SSSR count). The Hall–Kier alpha value is -0.580. The van der Waals surface area contributed by atoms with Gasteiger partial charge in [0.1, 0.15) is 0 Å². The molecule has 0 aromatic heterocycles. The first-order valence-electron chi connectivity index (χ1n) is 4.75. The average molecular weight is 308 g/mol. The van der Waals surface area contributed by atoms with E-state index >= 15 is 0 Å². The molecule has 3 nitrogen and oxygen atoms in total. The van der Waals surface area contributed by atoms with Crippen LogP contribution in [-0.4, -0.2) is 11.9 Å². The predicted octanol–water partition coefficient (Wildman–Crippen LogP) is 2.77. The van der Waals surface area contributed by atoms with Crippen LogP contribution in [0.4, 0.5) is 5.69 Å². The Bertz CT molecular complexity index is 371. The van der Waals surface area contributed by atoms with Gasteiger partial charge in [0.05, 0.1) is 6.04 Å². The van der Waals surface area contributed by atoms with Crippen LogP contribution in [0.15, 0.2) is 16.6 Å². The van der Waals surface area contributed by atoms with Gasteiger partial charge < -0.3 is 11.1 Å². The largest absolute Gasteiger partial charge is 0.325 e. The lowest BCUT2D eigenvalue weighted by Crippen LogP contribution is -2.32. The van der Waals surface area contributed by atoms with Gasteiger partial charge in [-0.25, -0.2) is 0 Å². The standard InChI is InChI=1S/C11H15BrN2O.ClH/c1-6-4-9(5-7(2)10(6)12)14-11(15)8(3)13;/h4-5,8H,13H2,1-3H3,(H,14,15);1H/t8-;/m0./s1. The first-order chi connectivity index (χ1) is 6.91. The second-order valence-electron chi connectivity index (χ2n) is 3.70. The van der Waals surface area contributed by atoms with Gasteiger partial charge in [-0.15, -0.1) is 12.4 Å². The maximum Gasteiger partial charge on any atom is 0.240 e. The summed E-state index contributed by atoms with van der Waals surface area (Å²) in [6.07, 6.45) is 0. The zero-order valence-corrected chi connectivity index (χ0v) is 11.9. The topological polar surface area (TPSA) is 55.1 Å². The normalized spacial score (nSPS) is 11.6. The minimum atomic E-state index is -0.491. The third-order valence-electron chi connectivity index (χ3n) is 2.12. The number of carbonyl (C=O) groups excluding carboxylic acids is 1. The second-order valence-corrected chi connectivity index (χ2v) is 4.49. The Kier molecular flexibility index (Phi) is 6.00. The van der Waals surface area contributed by atoms with Gasteiger partial charge in [-0.1, -0.05) is 15.9 Å². The number of anilines is 1. The fourth-order valence-electron chi connectivity index (χ4n) is 1.27. The summed E-state index contributed by atoms with van der Waals surface area (Å²) >= 11 is 3.47. The molecule has 0 fully saturated rings. The molecule has 0 saturated heterocycles. The van der Waals surface area contributed by atoms with E-state index in [1.54, 1.807) is 6.92 Å². The van der Waals surface area contributed by atoms with Crippen LogP contribution < -0.4 is 11.1 Å². The van der Waals surface area contributed by atoms with Crippen molar-refractivity contribution in [1.82, 2.24) is 0 Å². The smallest absolute Gasteiger partial charge is 0.240 e. The number of benzene rings is 1. The lowest BCUT2D eigenvalue weighted by molar-refractivity contribution is -0.117. The Morgan fingerprint density at radius 3 is 2.19 bits per heavy atom. The van der Waals surface area contributed by atoms with Crippen molar-refractivity contribution < 1.29 is 4.79 Å². The van der Waals surface area contributed by atoms with E-state index in [4.69, 9.17) is 5.73 Å². The second kappa shape index (κ2) is 6.23. The zero-order chi connectivity index (χ0) is 11.6. The number of nitrogens with two attached hydrogens (primary N) is 1. The van der Waals surface area contributed by atoms with Crippen LogP contribution in [0.3, 0.4) is 0 Å². The number of amides is 1. The van der Waals surface area contributed by atoms with Crippen LogP contribution in [-0.2, 0) is 4.79 Å². The molecule has 1 aromatic carbocycles. The van der Waals surface area contributed by atoms with Crippen molar-refractivity contribution in [3.63, 3.8) is 0 Å². The van der Waals surface area contributed by atoms with Crippen molar-refractivity contribution in [2.75, 3.05) is 5.32 Å². The summed E-state index contributed by atoms with van der Waals surface area (Å²) < 4.78 is 1.07. The van der Waals surface area contributed by atoms with Crippen LogP contribution in [0.1, 0.15) is 18.1 Å². The molecule has 1 aromatic rings. The lowest BCUT2D eigenvalue weighted by Gasteiger charge is -2.11. The van der Waals surface area contributed by atoms with Gasteiger partial charge in [-0.3, -0.25) is 4.79 Å². The van der Waals surface area contributed by atoms with Crippen LogP contribution >= 0.6 is 28.3 Å². The number of halogens is 2. The Balaban J connectivity index is 0.00000225. The van der Waals surface area contributed by atoms with Crippen molar-refractivity contribution in [3.05, 3.63) is 27.7 Å². The Morgan fingerprint density at radius 2 is 1.81 bits per heavy atom. The summed E-state index contributed by atoms with van der Waals surface area (Å²) in [5.41, 5.74) is 8.44. The van der Waals surface area contributed by atoms with E-state index in [0.29, 0.717) is 0 Å². The van der Waals surface area contributed by atoms with Gasteiger partial charge in [-0.05, 0) is 44.0 Å². The van der Waals surface area contributed by atoms with Crippen LogP contribution in [0.2, 0.25) is 0 Å². The summed E-state index contributed by atoms with van der Waals surface area (Å²) in [5, 5.41) is 2.77. The minimum absolute atomic E-state index is 0. The van der Waals surface area contributed by atoms with E-state index in [1.165, 1.54) is 0 Å². The SMILES string of the molecule is Cc1cc(NC(=O)[C@H](C)N)cc(C)c1Br.Cl. The molecule has 0 aliphatic rings. The molecule has 90 valence electrons. The van der Waals surface area contributed by atoms with E-state index in [-0.39, 0.29) is 18.3 Å². The van der Waals surface area contributed by atoms with Crippen LogP contribution in [0.25, 0.3) is 0 Å². The van der Waals surface area contributed by atoms with E-state index in [2.05, 4.69) is 21.2 Å². The van der Waals surface area contributed by atoms with Crippen molar-refractivity contribution in [2.24, 2.45) is 5.73 Å². The first kappa shape index (κ1) is 15.4. The van der Waals surface area contributed by atoms with E-state index in [9.17, 15) is 4.79 Å². The highest BCUT2D eigenvalue weighted by molar-refractivity contribution is 9.10. The highest BCUT2D eigenvalue weighted by atomic mass is 79.9. The van der Waals surface area contributed by atoms with E-state index in [0.717, 1.165) is 21.3 Å². The highest BCUT2D eigenvalue weighted by Crippen LogP contribution is 2.24. The molecule has 3 N–H and O–H groups in total. The summed E-state index contributed by atoms with van der Waals surface area (Å²) in [5.74, 6) is -0.170. The summed E-state index contributed by atoms with van der Waals surface area (Å²) in [4.78, 5) is 11.4. The fraction of sp³-hybridized carbons (Fsp3) is 0.364. The maximum atomic E-state index is 11.4. The van der Waals surface area contributed by atoms with Gasteiger partial charge in [0, 0.05) is 10.2 Å². The van der Waals surface area contributed by atoms with E-state index < -0.39 is 6.04 Å². The third kappa shape index (κ3) is 3.77. The van der Waals surface area contributed by atoms with Crippen molar-refractivity contribution in [2.45, 2.75) is 26.8 Å². The Morgan fingerprint density at radius 1 is 1.38 bits per heavy atom. The average Bonchev–Trinajstić information content (AvgIpc) is 2.13. The number of aryl methyl sites for hydroxylation is 2. The van der Waals surface area contributed by atoms with Gasteiger partial charge in [0.15, 0.2) is 0 Å². The monoisotopic (exact) mass is 306 g/mol. The predicted molar refractivity (Wildman–Crippen MR) is 73.1 cm³/mol. The molecule has 1 amide bonds. The maximum absolute atomic E-state index is 11.4. The van der Waals surface area contributed by atoms with Gasteiger partial charge in [0.2, 0.25) is 5.91 Å². The van der Waals surface area contributed by atoms with E-state index in [1.807, 2.05) is 26.0 Å². The molecule has 0 bridgehead atoms. The first-order valence-corrected chi connectivity index (χ1v) is 5.54. The van der Waals surface area contributed by atoms with Gasteiger partial charge in [-0.2, -0.15) is 0 Å². The van der Waals surface area contributed by atoms with Gasteiger partial charge >= 0.3 is 0 Å². The molecule has 0 aliphatic carbocycles. The highest BCUT2D eigenvalue weighted by Gasteiger charge is 2.09. The molecule has 0 unspecified atom stereocenters. The zero-order valence-electron chi connectivity index (χ0n) is 9.50. The fourth-order valence-corrected chi connectivity index (χ4v) is 1.50. The quantitative estimate of drug-likeness (QED) is 0.883. The summed E-state index contributed by atoms with van der Waals surface area (Å²) in [6, 6.07) is 3.34. The molecule has 0 heterocycles. The molecular weight excluding hydrogens is 291 g/mol. The number of hydrogen-bond acceptors (Lipinski definition) is 2. The lowest BCUT2D eigenvalue weighted by atomic mass is 10.1. The Labute approximate surface area is 110 Å². The summed E-state index contributed by atoms with van der Waals surface area (Å²) in [7, 11) is 0. The van der Waals surface area contributed by atoms with Crippen molar-refractivity contribution in [3.8, 4) is 0 Å². The van der Waals surface area contributed by atoms with Gasteiger partial charge in [0.25, 0.3) is 0 Å². The number of hydrogen-bond donors (Lipinski definition) is 2. The third-order valence-corrected chi connectivity index (χ3v) is 3.37. The van der Waals surface area contributed by atoms with Crippen molar-refractivity contribution in [1.29, 1.82) is 0 Å². The molecular formula is C11H16BrClN2O.